The third-order valence-corrected chi connectivity index (χ3v) is 6.14. The van der Waals surface area contributed by atoms with Crippen molar-refractivity contribution in [2.24, 2.45) is 0 Å². The van der Waals surface area contributed by atoms with Crippen molar-refractivity contribution in [2.75, 3.05) is 39.3 Å². The van der Waals surface area contributed by atoms with E-state index in [9.17, 15) is 4.79 Å². The Morgan fingerprint density at radius 3 is 1.54 bits per heavy atom. The molecule has 1 aliphatic heterocycles. The van der Waals surface area contributed by atoms with Gasteiger partial charge in [0.1, 0.15) is 0 Å². The Labute approximate surface area is 175 Å². The van der Waals surface area contributed by atoms with Gasteiger partial charge in [-0.25, -0.2) is 0 Å². The summed E-state index contributed by atoms with van der Waals surface area (Å²) in [5, 5.41) is 8.97. The molecule has 1 rings (SSSR count). The van der Waals surface area contributed by atoms with Gasteiger partial charge in [0.25, 0.3) is 0 Å². The van der Waals surface area contributed by atoms with Crippen LogP contribution in [0.4, 0.5) is 0 Å². The van der Waals surface area contributed by atoms with E-state index < -0.39 is 0 Å². The van der Waals surface area contributed by atoms with Gasteiger partial charge in [0.15, 0.2) is 0 Å². The fourth-order valence-corrected chi connectivity index (χ4v) is 4.17. The average Bonchev–Trinajstić information content (AvgIpc) is 2.71. The summed E-state index contributed by atoms with van der Waals surface area (Å²) in [6.45, 7) is 6.71. The number of piperazine rings is 1. The lowest BCUT2D eigenvalue weighted by molar-refractivity contribution is -0.133. The number of rotatable bonds is 18. The van der Waals surface area contributed by atoms with Crippen LogP contribution in [0.25, 0.3) is 0 Å². The molecular weight excluding hydrogens is 348 g/mol. The normalized spacial score (nSPS) is 15.3. The highest BCUT2D eigenvalue weighted by atomic mass is 16.3. The van der Waals surface area contributed by atoms with Crippen molar-refractivity contribution in [3.63, 3.8) is 0 Å². The third kappa shape index (κ3) is 13.5. The van der Waals surface area contributed by atoms with Crippen molar-refractivity contribution in [2.45, 2.75) is 110 Å². The van der Waals surface area contributed by atoms with Crippen LogP contribution in [0.3, 0.4) is 0 Å². The van der Waals surface area contributed by atoms with Gasteiger partial charge in [0, 0.05) is 39.1 Å². The first-order valence-electron chi connectivity index (χ1n) is 12.4. The molecule has 0 aromatic carbocycles. The first kappa shape index (κ1) is 25.4. The smallest absolute Gasteiger partial charge is 0.222 e. The van der Waals surface area contributed by atoms with Gasteiger partial charge in [-0.3, -0.25) is 9.69 Å². The maximum Gasteiger partial charge on any atom is 0.222 e. The summed E-state index contributed by atoms with van der Waals surface area (Å²) >= 11 is 0. The molecule has 1 amide bonds. The molecule has 0 radical (unpaired) electrons. The van der Waals surface area contributed by atoms with E-state index in [0.29, 0.717) is 5.91 Å². The van der Waals surface area contributed by atoms with Gasteiger partial charge in [-0.2, -0.15) is 0 Å². The lowest BCUT2D eigenvalue weighted by Gasteiger charge is -2.34. The van der Waals surface area contributed by atoms with Crippen LogP contribution < -0.4 is 0 Å². The van der Waals surface area contributed by atoms with E-state index in [0.717, 1.165) is 45.6 Å². The number of nitrogens with zero attached hydrogens (tertiary/aromatic N) is 2. The van der Waals surface area contributed by atoms with Gasteiger partial charge in [-0.1, -0.05) is 96.8 Å². The Morgan fingerprint density at radius 1 is 0.679 bits per heavy atom. The minimum atomic E-state index is 0.215. The van der Waals surface area contributed by atoms with Crippen molar-refractivity contribution in [3.05, 3.63) is 0 Å². The number of aliphatic hydroxyl groups excluding tert-OH is 1. The topological polar surface area (TPSA) is 43.8 Å². The number of carbonyl (C=O) groups excluding carboxylic acids is 1. The molecule has 0 aromatic rings. The van der Waals surface area contributed by atoms with Crippen molar-refractivity contribution in [1.29, 1.82) is 0 Å². The minimum absolute atomic E-state index is 0.215. The summed E-state index contributed by atoms with van der Waals surface area (Å²) in [5.74, 6) is 0.332. The van der Waals surface area contributed by atoms with E-state index in [1.165, 1.54) is 89.9 Å². The molecule has 1 heterocycles. The molecule has 4 heteroatoms. The van der Waals surface area contributed by atoms with E-state index in [-0.39, 0.29) is 6.61 Å². The Bertz CT molecular complexity index is 355. The van der Waals surface area contributed by atoms with Crippen LogP contribution in [0, 0.1) is 0 Å². The average molecular weight is 397 g/mol. The molecule has 0 aliphatic carbocycles. The summed E-state index contributed by atoms with van der Waals surface area (Å²) in [4.78, 5) is 16.5. The monoisotopic (exact) mass is 396 g/mol. The van der Waals surface area contributed by atoms with Gasteiger partial charge in [-0.15, -0.1) is 0 Å². The summed E-state index contributed by atoms with van der Waals surface area (Å²) < 4.78 is 0. The lowest BCUT2D eigenvalue weighted by Crippen LogP contribution is -2.49. The number of hydrogen-bond acceptors (Lipinski definition) is 3. The van der Waals surface area contributed by atoms with Crippen LogP contribution in [-0.2, 0) is 4.79 Å². The largest absolute Gasteiger partial charge is 0.395 e. The van der Waals surface area contributed by atoms with Gasteiger partial charge in [0.05, 0.1) is 6.61 Å². The standard InChI is InChI=1S/C24H48N2O2/c1-2-3-4-5-6-7-8-9-10-11-12-13-14-15-16-17-24(28)26-20-18-25(19-21-26)22-23-27/h27H,2-23H2,1H3. The van der Waals surface area contributed by atoms with Gasteiger partial charge >= 0.3 is 0 Å². The Morgan fingerprint density at radius 2 is 1.11 bits per heavy atom. The molecule has 0 atom stereocenters. The van der Waals surface area contributed by atoms with E-state index in [1.54, 1.807) is 0 Å². The quantitative estimate of drug-likeness (QED) is 0.316. The molecule has 0 aromatic heterocycles. The zero-order valence-corrected chi connectivity index (χ0v) is 18.8. The second-order valence-electron chi connectivity index (χ2n) is 8.65. The second-order valence-corrected chi connectivity index (χ2v) is 8.65. The molecule has 28 heavy (non-hydrogen) atoms. The van der Waals surface area contributed by atoms with E-state index >= 15 is 0 Å². The number of amides is 1. The predicted octanol–water partition coefficient (Wildman–Crippen LogP) is 5.38. The lowest BCUT2D eigenvalue weighted by atomic mass is 10.0. The van der Waals surface area contributed by atoms with Crippen LogP contribution in [0.1, 0.15) is 110 Å². The fraction of sp³-hybridized carbons (Fsp3) is 0.958. The number of unbranched alkanes of at least 4 members (excludes halogenated alkanes) is 14. The van der Waals surface area contributed by atoms with Gasteiger partial charge < -0.3 is 10.0 Å². The highest BCUT2D eigenvalue weighted by molar-refractivity contribution is 5.76. The number of aliphatic hydroxyl groups is 1. The zero-order valence-electron chi connectivity index (χ0n) is 18.8. The Hall–Kier alpha value is -0.610. The molecule has 0 unspecified atom stereocenters. The van der Waals surface area contributed by atoms with Crippen LogP contribution in [0.5, 0.6) is 0 Å². The van der Waals surface area contributed by atoms with Crippen LogP contribution >= 0.6 is 0 Å². The van der Waals surface area contributed by atoms with Crippen LogP contribution in [-0.4, -0.2) is 60.1 Å². The van der Waals surface area contributed by atoms with Crippen molar-refractivity contribution < 1.29 is 9.90 Å². The molecule has 4 nitrogen and oxygen atoms in total. The zero-order chi connectivity index (χ0) is 20.3. The number of hydrogen-bond donors (Lipinski definition) is 1. The van der Waals surface area contributed by atoms with Gasteiger partial charge in [0.2, 0.25) is 5.91 Å². The number of carbonyl (C=O) groups is 1. The maximum absolute atomic E-state index is 12.3. The molecular formula is C24H48N2O2. The first-order chi connectivity index (χ1) is 13.8. The molecule has 0 saturated carbocycles. The summed E-state index contributed by atoms with van der Waals surface area (Å²) in [6, 6.07) is 0. The number of β-amino-alcohol motifs (C(OH)–C–C–N with tert-alkyl or cyclic N) is 1. The Balaban J connectivity index is 1.80. The van der Waals surface area contributed by atoms with Crippen molar-refractivity contribution >= 4 is 5.91 Å². The summed E-state index contributed by atoms with van der Waals surface area (Å²) in [7, 11) is 0. The molecule has 0 bridgehead atoms. The molecule has 1 N–H and O–H groups in total. The minimum Gasteiger partial charge on any atom is -0.395 e. The van der Waals surface area contributed by atoms with Gasteiger partial charge in [-0.05, 0) is 6.42 Å². The fourth-order valence-electron chi connectivity index (χ4n) is 4.17. The molecule has 0 spiro atoms. The van der Waals surface area contributed by atoms with E-state index in [4.69, 9.17) is 5.11 Å². The molecule has 1 saturated heterocycles. The highest BCUT2D eigenvalue weighted by Crippen LogP contribution is 2.14. The Kier molecular flexibility index (Phi) is 16.7. The van der Waals surface area contributed by atoms with Crippen molar-refractivity contribution in [3.8, 4) is 0 Å². The van der Waals surface area contributed by atoms with Crippen LogP contribution in [0.2, 0.25) is 0 Å². The second kappa shape index (κ2) is 18.4. The molecule has 1 fully saturated rings. The molecule has 166 valence electrons. The summed E-state index contributed by atoms with van der Waals surface area (Å²) in [5.41, 5.74) is 0. The maximum atomic E-state index is 12.3. The van der Waals surface area contributed by atoms with Crippen LogP contribution in [0.15, 0.2) is 0 Å². The third-order valence-electron chi connectivity index (χ3n) is 6.14. The summed E-state index contributed by atoms with van der Waals surface area (Å²) in [6.07, 6.45) is 21.2. The van der Waals surface area contributed by atoms with E-state index in [1.807, 2.05) is 4.90 Å². The molecule has 1 aliphatic rings. The highest BCUT2D eigenvalue weighted by Gasteiger charge is 2.19. The predicted molar refractivity (Wildman–Crippen MR) is 120 cm³/mol. The van der Waals surface area contributed by atoms with Crippen molar-refractivity contribution in [1.82, 2.24) is 9.80 Å². The van der Waals surface area contributed by atoms with E-state index in [2.05, 4.69) is 11.8 Å². The SMILES string of the molecule is CCCCCCCCCCCCCCCCCC(=O)N1CCN(CCO)CC1. The first-order valence-corrected chi connectivity index (χ1v) is 12.4.